The molecule has 0 bridgehead atoms. The van der Waals surface area contributed by atoms with Gasteiger partial charge in [0.1, 0.15) is 11.8 Å². The Bertz CT molecular complexity index is 1240. The summed E-state index contributed by atoms with van der Waals surface area (Å²) in [6, 6.07) is 22.7. The van der Waals surface area contributed by atoms with E-state index >= 15 is 0 Å². The van der Waals surface area contributed by atoms with E-state index < -0.39 is 0 Å². The lowest BCUT2D eigenvalue weighted by Crippen LogP contribution is -2.22. The zero-order valence-corrected chi connectivity index (χ0v) is 17.9. The zero-order valence-electron chi connectivity index (χ0n) is 17.9. The lowest BCUT2D eigenvalue weighted by Gasteiger charge is -2.24. The summed E-state index contributed by atoms with van der Waals surface area (Å²) in [4.78, 5) is 9.76. The smallest absolute Gasteiger partial charge is 0.159 e. The average molecular weight is 409 g/mol. The van der Waals surface area contributed by atoms with Crippen LogP contribution in [0.3, 0.4) is 0 Å². The minimum Gasteiger partial charge on any atom is -0.497 e. The summed E-state index contributed by atoms with van der Waals surface area (Å²) in [5, 5.41) is 4.91. The number of ether oxygens (including phenoxy) is 1. The quantitative estimate of drug-likeness (QED) is 0.436. The van der Waals surface area contributed by atoms with E-state index in [4.69, 9.17) is 14.8 Å². The van der Waals surface area contributed by atoms with Crippen molar-refractivity contribution in [1.82, 2.24) is 14.8 Å². The van der Waals surface area contributed by atoms with Crippen LogP contribution in [-0.2, 0) is 0 Å². The van der Waals surface area contributed by atoms with Crippen LogP contribution < -0.4 is 4.74 Å². The molecule has 0 radical (unpaired) electrons. The second kappa shape index (κ2) is 7.84. The van der Waals surface area contributed by atoms with Gasteiger partial charge in [0, 0.05) is 18.2 Å². The predicted molar refractivity (Wildman–Crippen MR) is 123 cm³/mol. The Balaban J connectivity index is 1.69. The fourth-order valence-electron chi connectivity index (χ4n) is 4.13. The zero-order chi connectivity index (χ0) is 21.4. The molecule has 3 heterocycles. The Kier molecular flexibility index (Phi) is 4.86. The van der Waals surface area contributed by atoms with E-state index in [1.165, 1.54) is 5.56 Å². The van der Waals surface area contributed by atoms with Crippen LogP contribution in [0.2, 0.25) is 0 Å². The molecule has 2 aromatic heterocycles. The number of methoxy groups -OCH3 is 1. The van der Waals surface area contributed by atoms with Crippen molar-refractivity contribution in [3.63, 3.8) is 0 Å². The predicted octanol–water partition coefficient (Wildman–Crippen LogP) is 5.68. The van der Waals surface area contributed by atoms with Crippen molar-refractivity contribution in [2.24, 2.45) is 4.99 Å². The second-order valence-electron chi connectivity index (χ2n) is 7.86. The van der Waals surface area contributed by atoms with Gasteiger partial charge in [0.2, 0.25) is 0 Å². The van der Waals surface area contributed by atoms with Crippen LogP contribution in [0.5, 0.6) is 5.75 Å². The van der Waals surface area contributed by atoms with Crippen LogP contribution in [0.4, 0.5) is 5.82 Å². The highest BCUT2D eigenvalue weighted by molar-refractivity contribution is 6.04. The van der Waals surface area contributed by atoms with Crippen LogP contribution in [0.25, 0.3) is 11.1 Å². The second-order valence-corrected chi connectivity index (χ2v) is 7.86. The Labute approximate surface area is 182 Å². The van der Waals surface area contributed by atoms with Crippen molar-refractivity contribution < 1.29 is 4.74 Å². The van der Waals surface area contributed by atoms with Gasteiger partial charge in [-0.2, -0.15) is 5.10 Å². The van der Waals surface area contributed by atoms with E-state index in [0.717, 1.165) is 51.8 Å². The first-order chi connectivity index (χ1) is 15.1. The maximum absolute atomic E-state index is 5.33. The number of hydrogen-bond acceptors (Lipinski definition) is 4. The highest BCUT2D eigenvalue weighted by atomic mass is 16.5. The Morgan fingerprint density at radius 2 is 1.65 bits per heavy atom. The fraction of sp³-hybridized carbons (Fsp3) is 0.192. The molecule has 0 saturated heterocycles. The molecule has 5 nitrogen and oxygen atoms in total. The Morgan fingerprint density at radius 1 is 0.903 bits per heavy atom. The first-order valence-electron chi connectivity index (χ1n) is 10.4. The fourth-order valence-corrected chi connectivity index (χ4v) is 4.13. The SMILES string of the molecule is COc1ccc(-c2c(C)nn3c2N=C(c2ccc(C)cc2)C[C@H]3c2ccccn2)cc1. The first-order valence-corrected chi connectivity index (χ1v) is 10.4. The van der Waals surface area contributed by atoms with Crippen LogP contribution in [0.1, 0.15) is 35.0 Å². The van der Waals surface area contributed by atoms with Crippen LogP contribution >= 0.6 is 0 Å². The Hall–Kier alpha value is -3.73. The summed E-state index contributed by atoms with van der Waals surface area (Å²) in [6.07, 6.45) is 2.59. The van der Waals surface area contributed by atoms with Gasteiger partial charge in [0.15, 0.2) is 5.82 Å². The molecular weight excluding hydrogens is 384 g/mol. The molecule has 4 aromatic rings. The number of fused-ring (bicyclic) bond motifs is 1. The molecular formula is C26H24N4O. The largest absolute Gasteiger partial charge is 0.497 e. The summed E-state index contributed by atoms with van der Waals surface area (Å²) >= 11 is 0. The molecule has 1 atom stereocenters. The van der Waals surface area contributed by atoms with E-state index in [2.05, 4.69) is 54.4 Å². The monoisotopic (exact) mass is 408 g/mol. The molecule has 1 aliphatic rings. The van der Waals surface area contributed by atoms with Crippen molar-refractivity contribution in [2.45, 2.75) is 26.3 Å². The van der Waals surface area contributed by atoms with Gasteiger partial charge < -0.3 is 4.74 Å². The average Bonchev–Trinajstić information content (AvgIpc) is 3.15. The first kappa shape index (κ1) is 19.2. The van der Waals surface area contributed by atoms with E-state index in [9.17, 15) is 0 Å². The molecule has 0 spiro atoms. The molecule has 31 heavy (non-hydrogen) atoms. The van der Waals surface area contributed by atoms with Crippen molar-refractivity contribution >= 4 is 11.5 Å². The number of benzene rings is 2. The normalized spacial score (nSPS) is 15.3. The van der Waals surface area contributed by atoms with Gasteiger partial charge in [-0.25, -0.2) is 9.67 Å². The Morgan fingerprint density at radius 3 is 2.32 bits per heavy atom. The summed E-state index contributed by atoms with van der Waals surface area (Å²) in [5.74, 6) is 1.71. The summed E-state index contributed by atoms with van der Waals surface area (Å²) < 4.78 is 7.37. The number of nitrogens with zero attached hydrogens (tertiary/aromatic N) is 4. The van der Waals surface area contributed by atoms with Gasteiger partial charge in [-0.05, 0) is 49.2 Å². The number of pyridine rings is 1. The highest BCUT2D eigenvalue weighted by Gasteiger charge is 2.30. The van der Waals surface area contributed by atoms with Gasteiger partial charge in [0.25, 0.3) is 0 Å². The van der Waals surface area contributed by atoms with Crippen LogP contribution in [-0.4, -0.2) is 27.6 Å². The number of aliphatic imine (C=N–C) groups is 1. The van der Waals surface area contributed by atoms with Crippen molar-refractivity contribution in [3.8, 4) is 16.9 Å². The standard InChI is InChI=1S/C26H24N4O/c1-17-7-9-19(10-8-17)23-16-24(22-6-4-5-15-27-22)30-26(28-23)25(18(2)29-30)20-11-13-21(31-3)14-12-20/h4-15,24H,16H2,1-3H3/t24-/m0/s1. The van der Waals surface area contributed by atoms with Crippen molar-refractivity contribution in [2.75, 3.05) is 7.11 Å². The third kappa shape index (κ3) is 3.52. The lowest BCUT2D eigenvalue weighted by atomic mass is 9.97. The number of aromatic nitrogens is 3. The molecule has 154 valence electrons. The van der Waals surface area contributed by atoms with Gasteiger partial charge in [-0.1, -0.05) is 48.0 Å². The minimum absolute atomic E-state index is 0.00398. The molecule has 0 amide bonds. The minimum atomic E-state index is -0.00398. The number of hydrogen-bond donors (Lipinski definition) is 0. The topological polar surface area (TPSA) is 52.3 Å². The molecule has 0 saturated carbocycles. The number of rotatable bonds is 4. The lowest BCUT2D eigenvalue weighted by molar-refractivity contribution is 0.415. The highest BCUT2D eigenvalue weighted by Crippen LogP contribution is 2.41. The van der Waals surface area contributed by atoms with Crippen molar-refractivity contribution in [1.29, 1.82) is 0 Å². The van der Waals surface area contributed by atoms with Gasteiger partial charge in [-0.3, -0.25) is 4.98 Å². The van der Waals surface area contributed by atoms with Crippen molar-refractivity contribution in [3.05, 3.63) is 95.4 Å². The molecule has 0 aliphatic carbocycles. The number of aryl methyl sites for hydroxylation is 2. The third-order valence-electron chi connectivity index (χ3n) is 5.78. The van der Waals surface area contributed by atoms with Crippen LogP contribution in [0, 0.1) is 13.8 Å². The van der Waals surface area contributed by atoms with E-state index in [1.807, 2.05) is 42.1 Å². The van der Waals surface area contributed by atoms with Gasteiger partial charge >= 0.3 is 0 Å². The molecule has 1 aliphatic heterocycles. The summed E-state index contributed by atoms with van der Waals surface area (Å²) in [6.45, 7) is 4.14. The molecule has 5 rings (SSSR count). The van der Waals surface area contributed by atoms with E-state index in [-0.39, 0.29) is 6.04 Å². The molecule has 0 fully saturated rings. The third-order valence-corrected chi connectivity index (χ3v) is 5.78. The van der Waals surface area contributed by atoms with Gasteiger partial charge in [0.05, 0.1) is 24.2 Å². The maximum Gasteiger partial charge on any atom is 0.159 e. The molecule has 2 aromatic carbocycles. The molecule has 0 unspecified atom stereocenters. The molecule has 0 N–H and O–H groups in total. The maximum atomic E-state index is 5.33. The van der Waals surface area contributed by atoms with E-state index in [1.54, 1.807) is 7.11 Å². The van der Waals surface area contributed by atoms with E-state index in [0.29, 0.717) is 0 Å². The van der Waals surface area contributed by atoms with Gasteiger partial charge in [-0.15, -0.1) is 0 Å². The van der Waals surface area contributed by atoms with Crippen LogP contribution in [0.15, 0.2) is 77.9 Å². The summed E-state index contributed by atoms with van der Waals surface area (Å²) in [7, 11) is 1.68. The molecule has 5 heteroatoms. The summed E-state index contributed by atoms with van der Waals surface area (Å²) in [5.41, 5.74) is 7.50.